The molecule has 0 saturated carbocycles. The van der Waals surface area contributed by atoms with Gasteiger partial charge in [-0.15, -0.1) is 0 Å². The van der Waals surface area contributed by atoms with Gasteiger partial charge >= 0.3 is 0 Å². The lowest BCUT2D eigenvalue weighted by Gasteiger charge is -2.44. The smallest absolute Gasteiger partial charge is 0.140 e. The summed E-state index contributed by atoms with van der Waals surface area (Å²) in [5.41, 5.74) is 2.79. The Morgan fingerprint density at radius 3 is 1.37 bits per heavy atom. The number of hydrogen-bond donors (Lipinski definition) is 0. The fourth-order valence-electron chi connectivity index (χ4n) is 2.83. The third kappa shape index (κ3) is 2.50. The van der Waals surface area contributed by atoms with Crippen LogP contribution in [-0.4, -0.2) is 8.83 Å². The zero-order chi connectivity index (χ0) is 13.9. The maximum atomic E-state index is 6.62. The fraction of sp³-hybridized carbons (Fsp3) is 0.294. The van der Waals surface area contributed by atoms with Crippen LogP contribution in [0.3, 0.4) is 0 Å². The van der Waals surface area contributed by atoms with Crippen LogP contribution in [0, 0.1) is 5.41 Å². The monoisotopic (exact) mass is 288 g/mol. The Morgan fingerprint density at radius 1 is 0.737 bits per heavy atom. The lowest BCUT2D eigenvalue weighted by molar-refractivity contribution is 0.315. The minimum atomic E-state index is -0.807. The van der Waals surface area contributed by atoms with E-state index >= 15 is 0 Å². The van der Waals surface area contributed by atoms with Crippen molar-refractivity contribution in [1.82, 2.24) is 0 Å². The summed E-state index contributed by atoms with van der Waals surface area (Å²) in [6.07, 6.45) is 0. The normalized spacial score (nSPS) is 13.1. The molecule has 0 unspecified atom stereocenters. The second-order valence-corrected chi connectivity index (χ2v) is 8.15. The first kappa shape index (κ1) is 14.4. The summed E-state index contributed by atoms with van der Waals surface area (Å²) >= 11 is 6.62. The first-order valence-corrected chi connectivity index (χ1v) is 9.54. The van der Waals surface area contributed by atoms with Gasteiger partial charge in [0, 0.05) is 5.04 Å². The first-order chi connectivity index (χ1) is 9.02. The van der Waals surface area contributed by atoms with E-state index in [4.69, 9.17) is 11.1 Å². The van der Waals surface area contributed by atoms with Gasteiger partial charge in [-0.05, 0) is 16.5 Å². The lowest BCUT2D eigenvalue weighted by atomic mass is 9.71. The van der Waals surface area contributed by atoms with Crippen molar-refractivity contribution < 1.29 is 0 Å². The van der Waals surface area contributed by atoms with Gasteiger partial charge in [0.15, 0.2) is 0 Å². The molecule has 0 nitrogen and oxygen atoms in total. The second-order valence-electron chi connectivity index (χ2n) is 6.02. The van der Waals surface area contributed by atoms with Crippen LogP contribution in [0.25, 0.3) is 0 Å². The average molecular weight is 289 g/mol. The van der Waals surface area contributed by atoms with Crippen molar-refractivity contribution in [3.8, 4) is 0 Å². The number of rotatable bonds is 3. The molecule has 2 rings (SSSR count). The van der Waals surface area contributed by atoms with Gasteiger partial charge in [0.2, 0.25) is 0 Å². The zero-order valence-electron chi connectivity index (χ0n) is 11.9. The van der Waals surface area contributed by atoms with Crippen LogP contribution in [0.15, 0.2) is 60.7 Å². The van der Waals surface area contributed by atoms with Gasteiger partial charge in [0.25, 0.3) is 0 Å². The summed E-state index contributed by atoms with van der Waals surface area (Å²) in [4.78, 5) is 0. The molecule has 0 spiro atoms. The molecule has 2 aromatic carbocycles. The molecular formula is C17H21ClSi. The minimum absolute atomic E-state index is 0.0307. The van der Waals surface area contributed by atoms with E-state index in [0.717, 1.165) is 0 Å². The summed E-state index contributed by atoms with van der Waals surface area (Å²) in [6.45, 7) is 6.88. The minimum Gasteiger partial charge on any atom is -0.175 e. The average Bonchev–Trinajstić information content (AvgIpc) is 2.41. The molecule has 2 heteroatoms. The van der Waals surface area contributed by atoms with Crippen LogP contribution in [0.2, 0.25) is 0 Å². The molecule has 0 amide bonds. The lowest BCUT2D eigenvalue weighted by Crippen LogP contribution is -2.44. The maximum Gasteiger partial charge on any atom is 0.140 e. The predicted molar refractivity (Wildman–Crippen MR) is 87.5 cm³/mol. The summed E-state index contributed by atoms with van der Waals surface area (Å²) < 4.78 is 0. The van der Waals surface area contributed by atoms with Gasteiger partial charge in [-0.2, -0.15) is 11.1 Å². The van der Waals surface area contributed by atoms with E-state index in [-0.39, 0.29) is 10.5 Å². The summed E-state index contributed by atoms with van der Waals surface area (Å²) in [5, 5.41) is -0.0307. The van der Waals surface area contributed by atoms with Crippen LogP contribution >= 0.6 is 11.1 Å². The summed E-state index contributed by atoms with van der Waals surface area (Å²) in [7, 11) is -0.807. The van der Waals surface area contributed by atoms with Crippen molar-refractivity contribution in [1.29, 1.82) is 0 Å². The highest BCUT2D eigenvalue weighted by Crippen LogP contribution is 2.46. The summed E-state index contributed by atoms with van der Waals surface area (Å²) in [5.74, 6) is 0. The van der Waals surface area contributed by atoms with Crippen molar-refractivity contribution in [2.24, 2.45) is 5.41 Å². The molecule has 0 radical (unpaired) electrons. The molecule has 0 N–H and O–H groups in total. The van der Waals surface area contributed by atoms with Crippen molar-refractivity contribution in [3.63, 3.8) is 0 Å². The Balaban J connectivity index is 2.70. The van der Waals surface area contributed by atoms with Crippen molar-refractivity contribution in [3.05, 3.63) is 71.8 Å². The molecule has 100 valence electrons. The van der Waals surface area contributed by atoms with E-state index in [9.17, 15) is 0 Å². The van der Waals surface area contributed by atoms with Crippen molar-refractivity contribution >= 4 is 19.9 Å². The van der Waals surface area contributed by atoms with E-state index < -0.39 is 8.83 Å². The molecule has 0 fully saturated rings. The molecule has 0 saturated heterocycles. The van der Waals surface area contributed by atoms with E-state index in [1.54, 1.807) is 0 Å². The third-order valence-electron chi connectivity index (χ3n) is 4.01. The van der Waals surface area contributed by atoms with Crippen LogP contribution in [0.4, 0.5) is 0 Å². The van der Waals surface area contributed by atoms with Gasteiger partial charge in [-0.1, -0.05) is 81.4 Å². The first-order valence-electron chi connectivity index (χ1n) is 6.69. The third-order valence-corrected chi connectivity index (χ3v) is 7.49. The van der Waals surface area contributed by atoms with Gasteiger partial charge in [-0.3, -0.25) is 0 Å². The Morgan fingerprint density at radius 2 is 1.11 bits per heavy atom. The highest BCUT2D eigenvalue weighted by atomic mass is 35.6. The standard InChI is InChI=1S/C17H21ClSi/c1-16(2,3)17(19-18,14-10-6-4-7-11-14)15-12-8-5-9-13-15/h4-13H,19H2,1-3H3. The number of hydrogen-bond acceptors (Lipinski definition) is 0. The Hall–Kier alpha value is -1.05. The molecule has 0 bridgehead atoms. The van der Waals surface area contributed by atoms with Crippen molar-refractivity contribution in [2.75, 3.05) is 0 Å². The fourth-order valence-corrected chi connectivity index (χ4v) is 6.14. The van der Waals surface area contributed by atoms with E-state index in [0.29, 0.717) is 0 Å². The van der Waals surface area contributed by atoms with Gasteiger partial charge in [0.1, 0.15) is 8.83 Å². The molecule has 0 aliphatic carbocycles. The molecule has 0 aliphatic rings. The topological polar surface area (TPSA) is 0 Å². The molecule has 0 atom stereocenters. The number of benzene rings is 2. The quantitative estimate of drug-likeness (QED) is 0.583. The Labute approximate surface area is 123 Å². The van der Waals surface area contributed by atoms with E-state index in [2.05, 4.69) is 81.4 Å². The molecule has 0 aromatic heterocycles. The van der Waals surface area contributed by atoms with Crippen LogP contribution < -0.4 is 0 Å². The maximum absolute atomic E-state index is 6.62. The predicted octanol–water partition coefficient (Wildman–Crippen LogP) is 4.30. The van der Waals surface area contributed by atoms with E-state index in [1.807, 2.05) is 0 Å². The second kappa shape index (κ2) is 5.52. The van der Waals surface area contributed by atoms with Gasteiger partial charge in [0.05, 0.1) is 0 Å². The molecule has 19 heavy (non-hydrogen) atoms. The Bertz CT molecular complexity index is 474. The van der Waals surface area contributed by atoms with E-state index in [1.165, 1.54) is 11.1 Å². The largest absolute Gasteiger partial charge is 0.175 e. The molecular weight excluding hydrogens is 268 g/mol. The highest BCUT2D eigenvalue weighted by Gasteiger charge is 2.44. The number of halogens is 1. The molecule has 0 aliphatic heterocycles. The SMILES string of the molecule is CC(C)(C)C([SiH2]Cl)(c1ccccc1)c1ccccc1. The Kier molecular flexibility index (Phi) is 4.17. The molecule has 2 aromatic rings. The highest BCUT2D eigenvalue weighted by molar-refractivity contribution is 6.95. The molecule has 0 heterocycles. The zero-order valence-corrected chi connectivity index (χ0v) is 14.0. The van der Waals surface area contributed by atoms with Gasteiger partial charge < -0.3 is 0 Å². The van der Waals surface area contributed by atoms with Crippen LogP contribution in [-0.2, 0) is 5.04 Å². The summed E-state index contributed by atoms with van der Waals surface area (Å²) in [6, 6.07) is 21.4. The van der Waals surface area contributed by atoms with Gasteiger partial charge in [-0.25, -0.2) is 0 Å². The van der Waals surface area contributed by atoms with Crippen LogP contribution in [0.5, 0.6) is 0 Å². The van der Waals surface area contributed by atoms with Crippen LogP contribution in [0.1, 0.15) is 31.9 Å². The van der Waals surface area contributed by atoms with Crippen molar-refractivity contribution in [2.45, 2.75) is 25.8 Å².